The fourth-order valence-corrected chi connectivity index (χ4v) is 3.22. The summed E-state index contributed by atoms with van der Waals surface area (Å²) in [7, 11) is 4.17. The van der Waals surface area contributed by atoms with Crippen molar-refractivity contribution in [1.29, 1.82) is 0 Å². The summed E-state index contributed by atoms with van der Waals surface area (Å²) >= 11 is 0. The fraction of sp³-hybridized carbons (Fsp3) is 0.333. The van der Waals surface area contributed by atoms with E-state index < -0.39 is 0 Å². The van der Waals surface area contributed by atoms with Gasteiger partial charge in [0.2, 0.25) is 5.95 Å². The molecule has 0 radical (unpaired) electrons. The zero-order chi connectivity index (χ0) is 21.1. The highest BCUT2D eigenvalue weighted by Gasteiger charge is 2.30. The van der Waals surface area contributed by atoms with Crippen molar-refractivity contribution < 1.29 is 4.39 Å². The zero-order valence-electron chi connectivity index (χ0n) is 17.2. The number of anilines is 4. The Morgan fingerprint density at radius 2 is 1.87 bits per heavy atom. The van der Waals surface area contributed by atoms with Crippen molar-refractivity contribution in [3.05, 3.63) is 60.3 Å². The second kappa shape index (κ2) is 8.58. The molecule has 2 aromatic heterocycles. The lowest BCUT2D eigenvalue weighted by atomic mass is 10.1. The van der Waals surface area contributed by atoms with Gasteiger partial charge in [0.25, 0.3) is 0 Å². The van der Waals surface area contributed by atoms with Gasteiger partial charge in [-0.15, -0.1) is 0 Å². The van der Waals surface area contributed by atoms with Gasteiger partial charge in [0.05, 0.1) is 12.2 Å². The normalized spacial score (nSPS) is 15.0. The van der Waals surface area contributed by atoms with Crippen LogP contribution in [0.3, 0.4) is 0 Å². The molecular formula is C21H25FN8. The molecule has 30 heavy (non-hydrogen) atoms. The topological polar surface area (TPSA) is 82.1 Å². The maximum Gasteiger partial charge on any atom is 0.227 e. The molecular weight excluding hydrogens is 383 g/mol. The van der Waals surface area contributed by atoms with E-state index in [4.69, 9.17) is 4.98 Å². The summed E-state index contributed by atoms with van der Waals surface area (Å²) in [6.07, 6.45) is 4.88. The van der Waals surface area contributed by atoms with Crippen LogP contribution >= 0.6 is 0 Å². The van der Waals surface area contributed by atoms with Crippen LogP contribution in [0.5, 0.6) is 0 Å². The van der Waals surface area contributed by atoms with Gasteiger partial charge in [0.15, 0.2) is 0 Å². The molecule has 1 aromatic carbocycles. The van der Waals surface area contributed by atoms with Crippen LogP contribution in [-0.2, 0) is 0 Å². The number of rotatable bonds is 7. The second-order valence-corrected chi connectivity index (χ2v) is 7.59. The van der Waals surface area contributed by atoms with E-state index >= 15 is 0 Å². The van der Waals surface area contributed by atoms with E-state index in [2.05, 4.69) is 49.5 Å². The number of likely N-dealkylation sites (N-methyl/N-ethyl adjacent to an activating group) is 1. The van der Waals surface area contributed by atoms with Gasteiger partial charge in [0, 0.05) is 37.6 Å². The lowest BCUT2D eigenvalue weighted by Gasteiger charge is -2.43. The first-order valence-corrected chi connectivity index (χ1v) is 9.83. The van der Waals surface area contributed by atoms with E-state index in [9.17, 15) is 4.39 Å². The summed E-state index contributed by atoms with van der Waals surface area (Å²) in [5.41, 5.74) is 0.950. The highest BCUT2D eigenvalue weighted by molar-refractivity contribution is 5.60. The van der Waals surface area contributed by atoms with Crippen LogP contribution in [0.15, 0.2) is 48.9 Å². The summed E-state index contributed by atoms with van der Waals surface area (Å²) in [6.45, 7) is 3.80. The van der Waals surface area contributed by atoms with E-state index in [1.807, 2.05) is 13.0 Å². The third-order valence-electron chi connectivity index (χ3n) is 5.16. The monoisotopic (exact) mass is 408 g/mol. The maximum atomic E-state index is 13.2. The molecule has 2 N–H and O–H groups in total. The molecule has 0 aliphatic carbocycles. The van der Waals surface area contributed by atoms with Crippen molar-refractivity contribution in [2.75, 3.05) is 42.7 Å². The standard InChI is InChI=1S/C21H25FN8/c1-14(15-4-6-16(22)7-5-15)25-21-27-18(26-19-11-23-8-9-24-19)10-20(28-21)30-12-17(13-30)29(2)3/h4-11,14,17H,12-13H2,1-3H3,(H2,24,25,26,27,28)/t14-/m0/s1. The number of nitrogens with zero attached hydrogens (tertiary/aromatic N) is 6. The first-order chi connectivity index (χ1) is 14.5. The number of aromatic nitrogens is 4. The third-order valence-corrected chi connectivity index (χ3v) is 5.16. The maximum absolute atomic E-state index is 13.2. The molecule has 1 fully saturated rings. The summed E-state index contributed by atoms with van der Waals surface area (Å²) in [4.78, 5) is 22.1. The van der Waals surface area contributed by atoms with Crippen molar-refractivity contribution in [2.45, 2.75) is 19.0 Å². The number of hydrogen-bond acceptors (Lipinski definition) is 8. The Bertz CT molecular complexity index is 974. The minimum atomic E-state index is -0.257. The zero-order valence-corrected chi connectivity index (χ0v) is 17.2. The average Bonchev–Trinajstić information content (AvgIpc) is 2.67. The van der Waals surface area contributed by atoms with Crippen LogP contribution < -0.4 is 15.5 Å². The smallest absolute Gasteiger partial charge is 0.227 e. The lowest BCUT2D eigenvalue weighted by molar-refractivity contribution is 0.246. The highest BCUT2D eigenvalue weighted by Crippen LogP contribution is 2.27. The van der Waals surface area contributed by atoms with E-state index in [-0.39, 0.29) is 11.9 Å². The Kier molecular flexibility index (Phi) is 5.71. The van der Waals surface area contributed by atoms with Gasteiger partial charge < -0.3 is 20.4 Å². The van der Waals surface area contributed by atoms with Crippen LogP contribution in [0.25, 0.3) is 0 Å². The quantitative estimate of drug-likeness (QED) is 0.617. The van der Waals surface area contributed by atoms with Crippen molar-refractivity contribution in [3.63, 3.8) is 0 Å². The second-order valence-electron chi connectivity index (χ2n) is 7.59. The van der Waals surface area contributed by atoms with Gasteiger partial charge in [-0.25, -0.2) is 9.37 Å². The number of benzene rings is 1. The van der Waals surface area contributed by atoms with Crippen LogP contribution in [0.4, 0.5) is 27.8 Å². The molecule has 0 bridgehead atoms. The summed E-state index contributed by atoms with van der Waals surface area (Å²) in [5.74, 6) is 2.30. The van der Waals surface area contributed by atoms with Gasteiger partial charge in [-0.3, -0.25) is 4.98 Å². The average molecular weight is 408 g/mol. The Morgan fingerprint density at radius 1 is 1.10 bits per heavy atom. The first kappa shape index (κ1) is 20.0. The summed E-state index contributed by atoms with van der Waals surface area (Å²) in [5, 5.41) is 6.51. The van der Waals surface area contributed by atoms with Gasteiger partial charge in [-0.1, -0.05) is 12.1 Å². The Hall–Kier alpha value is -3.33. The third kappa shape index (κ3) is 4.62. The molecule has 4 rings (SSSR count). The predicted molar refractivity (Wildman–Crippen MR) is 115 cm³/mol. The van der Waals surface area contributed by atoms with Gasteiger partial charge in [-0.2, -0.15) is 9.97 Å². The largest absolute Gasteiger partial charge is 0.353 e. The molecule has 9 heteroatoms. The predicted octanol–water partition coefficient (Wildman–Crippen LogP) is 3.07. The Labute approximate surface area is 175 Å². The fourth-order valence-electron chi connectivity index (χ4n) is 3.22. The minimum absolute atomic E-state index is 0.0869. The van der Waals surface area contributed by atoms with E-state index in [0.29, 0.717) is 23.6 Å². The summed E-state index contributed by atoms with van der Waals surface area (Å²) < 4.78 is 13.2. The van der Waals surface area contributed by atoms with Crippen molar-refractivity contribution in [3.8, 4) is 0 Å². The van der Waals surface area contributed by atoms with Crippen molar-refractivity contribution >= 4 is 23.4 Å². The molecule has 0 spiro atoms. The van der Waals surface area contributed by atoms with Gasteiger partial charge in [0.1, 0.15) is 23.3 Å². The molecule has 8 nitrogen and oxygen atoms in total. The molecule has 0 saturated carbocycles. The molecule has 3 aromatic rings. The first-order valence-electron chi connectivity index (χ1n) is 9.83. The number of halogens is 1. The lowest BCUT2D eigenvalue weighted by Crippen LogP contribution is -2.57. The molecule has 156 valence electrons. The highest BCUT2D eigenvalue weighted by atomic mass is 19.1. The Balaban J connectivity index is 1.57. The summed E-state index contributed by atoms with van der Waals surface area (Å²) in [6, 6.07) is 8.75. The number of nitrogens with one attached hydrogen (secondary N) is 2. The van der Waals surface area contributed by atoms with Crippen LogP contribution in [0.2, 0.25) is 0 Å². The molecule has 0 amide bonds. The van der Waals surface area contributed by atoms with Gasteiger partial charge in [-0.05, 0) is 38.7 Å². The van der Waals surface area contributed by atoms with E-state index in [1.165, 1.54) is 12.1 Å². The molecule has 1 aliphatic heterocycles. The van der Waals surface area contributed by atoms with Crippen LogP contribution in [0.1, 0.15) is 18.5 Å². The van der Waals surface area contributed by atoms with Crippen LogP contribution in [-0.4, -0.2) is 58.1 Å². The molecule has 1 saturated heterocycles. The van der Waals surface area contributed by atoms with E-state index in [1.54, 1.807) is 30.7 Å². The molecule has 3 heterocycles. The van der Waals surface area contributed by atoms with Crippen molar-refractivity contribution in [2.24, 2.45) is 0 Å². The van der Waals surface area contributed by atoms with E-state index in [0.717, 1.165) is 24.5 Å². The molecule has 1 aliphatic rings. The molecule has 0 unspecified atom stereocenters. The number of hydrogen-bond donors (Lipinski definition) is 2. The van der Waals surface area contributed by atoms with Crippen molar-refractivity contribution in [1.82, 2.24) is 24.8 Å². The van der Waals surface area contributed by atoms with Gasteiger partial charge >= 0.3 is 0 Å². The van der Waals surface area contributed by atoms with Crippen LogP contribution in [0, 0.1) is 5.82 Å². The SMILES string of the molecule is C[C@H](Nc1nc(Nc2cnccn2)cc(N2CC(N(C)C)C2)n1)c1ccc(F)cc1. The molecule has 1 atom stereocenters. The minimum Gasteiger partial charge on any atom is -0.353 e. The Morgan fingerprint density at radius 3 is 2.53 bits per heavy atom.